The minimum atomic E-state index is -2.66. The van der Waals surface area contributed by atoms with Gasteiger partial charge in [0.1, 0.15) is 0 Å². The third kappa shape index (κ3) is 1.74. The molecule has 1 heterocycles. The van der Waals surface area contributed by atoms with Crippen LogP contribution >= 0.6 is 0 Å². The zero-order valence-electron chi connectivity index (χ0n) is 7.78. The summed E-state index contributed by atoms with van der Waals surface area (Å²) < 4.78 is 22.0. The Morgan fingerprint density at radius 3 is 2.15 bits per heavy atom. The van der Waals surface area contributed by atoms with Crippen LogP contribution in [0.1, 0.15) is 19.3 Å². The summed E-state index contributed by atoms with van der Waals surface area (Å²) in [6.07, 6.45) is 3.83. The molecule has 1 aliphatic heterocycles. The Hall–Kier alpha value is -0.0900. The monoisotopic (exact) mass is 203 g/mol. The lowest BCUT2D eigenvalue weighted by atomic mass is 9.71. The maximum Gasteiger partial charge on any atom is 0.150 e. The number of nitrogens with two attached hydrogens (primary N) is 1. The molecule has 76 valence electrons. The van der Waals surface area contributed by atoms with Crippen LogP contribution in [-0.2, 0) is 9.84 Å². The quantitative estimate of drug-likeness (QED) is 0.722. The largest absolute Gasteiger partial charge is 0.330 e. The van der Waals surface area contributed by atoms with Gasteiger partial charge in [-0.2, -0.15) is 0 Å². The Morgan fingerprint density at radius 2 is 1.85 bits per heavy atom. The molecule has 2 fully saturated rings. The van der Waals surface area contributed by atoms with Gasteiger partial charge in [0.25, 0.3) is 0 Å². The van der Waals surface area contributed by atoms with Crippen LogP contribution in [0.3, 0.4) is 0 Å². The summed E-state index contributed by atoms with van der Waals surface area (Å²) in [4.78, 5) is 0. The third-order valence-electron chi connectivity index (χ3n) is 3.57. The predicted octanol–water partition coefficient (Wildman–Crippen LogP) is 0.406. The van der Waals surface area contributed by atoms with Crippen molar-refractivity contribution >= 4 is 9.84 Å². The summed E-state index contributed by atoms with van der Waals surface area (Å²) >= 11 is 0. The van der Waals surface area contributed by atoms with Gasteiger partial charge in [0.05, 0.1) is 11.5 Å². The molecule has 0 bridgehead atoms. The van der Waals surface area contributed by atoms with Crippen LogP contribution < -0.4 is 5.73 Å². The molecular formula is C9H17NO2S. The maximum atomic E-state index is 11.0. The van der Waals surface area contributed by atoms with Crippen LogP contribution in [0.15, 0.2) is 0 Å². The Kier molecular flexibility index (Phi) is 2.36. The molecule has 0 radical (unpaired) electrons. The Labute approximate surface area is 79.6 Å². The molecule has 0 spiro atoms. The highest BCUT2D eigenvalue weighted by Crippen LogP contribution is 2.40. The minimum absolute atomic E-state index is 0.375. The molecule has 0 aromatic rings. The van der Waals surface area contributed by atoms with Gasteiger partial charge in [0.2, 0.25) is 0 Å². The molecule has 0 amide bonds. The lowest BCUT2D eigenvalue weighted by Crippen LogP contribution is -2.47. The molecule has 1 aliphatic carbocycles. The van der Waals surface area contributed by atoms with Gasteiger partial charge in [-0.25, -0.2) is 8.42 Å². The smallest absolute Gasteiger partial charge is 0.150 e. The van der Waals surface area contributed by atoms with E-state index in [0.29, 0.717) is 29.9 Å². The summed E-state index contributed by atoms with van der Waals surface area (Å²) in [5.41, 5.74) is 5.69. The van der Waals surface area contributed by atoms with E-state index >= 15 is 0 Å². The fourth-order valence-electron chi connectivity index (χ4n) is 2.49. The second-order valence-corrected chi connectivity index (χ2v) is 6.58. The van der Waals surface area contributed by atoms with Gasteiger partial charge < -0.3 is 5.73 Å². The van der Waals surface area contributed by atoms with Crippen molar-refractivity contribution in [3.8, 4) is 0 Å². The van der Waals surface area contributed by atoms with Gasteiger partial charge in [-0.05, 0) is 24.3 Å². The Bertz CT molecular complexity index is 270. The first kappa shape index (κ1) is 9.46. The highest BCUT2D eigenvalue weighted by Gasteiger charge is 2.42. The molecule has 13 heavy (non-hydrogen) atoms. The van der Waals surface area contributed by atoms with Crippen molar-refractivity contribution in [1.29, 1.82) is 0 Å². The molecule has 1 unspecified atom stereocenters. The summed E-state index contributed by atoms with van der Waals surface area (Å²) in [7, 11) is -2.66. The molecule has 1 saturated heterocycles. The number of sulfone groups is 1. The fourth-order valence-corrected chi connectivity index (χ4v) is 4.19. The van der Waals surface area contributed by atoms with E-state index < -0.39 is 9.84 Å². The molecular weight excluding hydrogens is 186 g/mol. The molecule has 1 saturated carbocycles. The first-order valence-electron chi connectivity index (χ1n) is 5.03. The van der Waals surface area contributed by atoms with E-state index in [1.165, 1.54) is 19.3 Å². The van der Waals surface area contributed by atoms with Crippen LogP contribution in [0.2, 0.25) is 0 Å². The first-order valence-corrected chi connectivity index (χ1v) is 6.85. The van der Waals surface area contributed by atoms with Crippen molar-refractivity contribution in [1.82, 2.24) is 0 Å². The second-order valence-electron chi connectivity index (χ2n) is 4.43. The number of hydrogen-bond donors (Lipinski definition) is 1. The predicted molar refractivity (Wildman–Crippen MR) is 52.0 cm³/mol. The van der Waals surface area contributed by atoms with Crippen molar-refractivity contribution in [2.75, 3.05) is 18.1 Å². The van der Waals surface area contributed by atoms with E-state index in [2.05, 4.69) is 0 Å². The average molecular weight is 203 g/mol. The minimum Gasteiger partial charge on any atom is -0.330 e. The summed E-state index contributed by atoms with van der Waals surface area (Å²) in [6.45, 7) is 0.671. The third-order valence-corrected chi connectivity index (χ3v) is 5.44. The van der Waals surface area contributed by atoms with E-state index in [1.54, 1.807) is 0 Å². The summed E-state index contributed by atoms with van der Waals surface area (Å²) in [5.74, 6) is 2.37. The maximum absolute atomic E-state index is 11.0. The van der Waals surface area contributed by atoms with Gasteiger partial charge in [-0.15, -0.1) is 0 Å². The lowest BCUT2D eigenvalue weighted by Gasteiger charge is -2.41. The molecule has 2 aliphatic rings. The topological polar surface area (TPSA) is 60.2 Å². The van der Waals surface area contributed by atoms with Crippen LogP contribution in [0.5, 0.6) is 0 Å². The molecule has 2 N–H and O–H groups in total. The fraction of sp³-hybridized carbons (Fsp3) is 1.00. The van der Waals surface area contributed by atoms with Crippen molar-refractivity contribution < 1.29 is 8.42 Å². The number of hydrogen-bond acceptors (Lipinski definition) is 3. The van der Waals surface area contributed by atoms with Gasteiger partial charge in [-0.1, -0.05) is 19.3 Å². The zero-order chi connectivity index (χ0) is 9.47. The van der Waals surface area contributed by atoms with Crippen LogP contribution in [0.25, 0.3) is 0 Å². The Balaban J connectivity index is 1.91. The molecule has 3 nitrogen and oxygen atoms in total. The first-order chi connectivity index (χ1) is 6.12. The molecule has 2 rings (SSSR count). The molecule has 1 atom stereocenters. The van der Waals surface area contributed by atoms with Crippen molar-refractivity contribution in [2.24, 2.45) is 23.5 Å². The van der Waals surface area contributed by atoms with E-state index in [4.69, 9.17) is 5.73 Å². The standard InChI is InChI=1S/C9H17NO2S/c10-4-9(7-2-1-3-7)8-5-13(11,12)6-8/h7-9H,1-6,10H2. The number of rotatable bonds is 3. The van der Waals surface area contributed by atoms with Gasteiger partial charge in [-0.3, -0.25) is 0 Å². The molecule has 0 aromatic carbocycles. The van der Waals surface area contributed by atoms with Gasteiger partial charge in [0, 0.05) is 0 Å². The van der Waals surface area contributed by atoms with Gasteiger partial charge in [0.15, 0.2) is 9.84 Å². The Morgan fingerprint density at radius 1 is 1.23 bits per heavy atom. The normalized spacial score (nSPS) is 30.5. The average Bonchev–Trinajstić information content (AvgIpc) is 1.91. The van der Waals surface area contributed by atoms with Crippen molar-refractivity contribution in [3.63, 3.8) is 0 Å². The summed E-state index contributed by atoms with van der Waals surface area (Å²) in [5, 5.41) is 0. The van der Waals surface area contributed by atoms with E-state index in [1.807, 2.05) is 0 Å². The van der Waals surface area contributed by atoms with Crippen LogP contribution in [0.4, 0.5) is 0 Å². The van der Waals surface area contributed by atoms with E-state index in [9.17, 15) is 8.42 Å². The van der Waals surface area contributed by atoms with Gasteiger partial charge >= 0.3 is 0 Å². The summed E-state index contributed by atoms with van der Waals surface area (Å²) in [6, 6.07) is 0. The zero-order valence-corrected chi connectivity index (χ0v) is 8.59. The second kappa shape index (κ2) is 3.24. The van der Waals surface area contributed by atoms with E-state index in [0.717, 1.165) is 5.92 Å². The highest BCUT2D eigenvalue weighted by molar-refractivity contribution is 7.92. The van der Waals surface area contributed by atoms with E-state index in [-0.39, 0.29) is 0 Å². The van der Waals surface area contributed by atoms with Crippen molar-refractivity contribution in [3.05, 3.63) is 0 Å². The molecule has 0 aromatic heterocycles. The van der Waals surface area contributed by atoms with Crippen LogP contribution in [-0.4, -0.2) is 26.5 Å². The highest BCUT2D eigenvalue weighted by atomic mass is 32.2. The molecule has 4 heteroatoms. The van der Waals surface area contributed by atoms with Crippen LogP contribution in [0, 0.1) is 17.8 Å². The SMILES string of the molecule is NCC(C1CCC1)C1CS(=O)(=O)C1. The van der Waals surface area contributed by atoms with Crippen molar-refractivity contribution in [2.45, 2.75) is 19.3 Å². The lowest BCUT2D eigenvalue weighted by molar-refractivity contribution is 0.161.